The Hall–Kier alpha value is -2.95. The number of H-pyrrole nitrogens is 1. The molecule has 148 valence electrons. The summed E-state index contributed by atoms with van der Waals surface area (Å²) in [5.41, 5.74) is 0.000922. The summed E-state index contributed by atoms with van der Waals surface area (Å²) in [5.74, 6) is -2.11. The molecule has 0 aliphatic carbocycles. The number of aromatic amines is 1. The number of hydrogen-bond donors (Lipinski definition) is 2. The molecular formula is C17H19F2N7OS. The molecule has 0 unspecified atom stereocenters. The van der Waals surface area contributed by atoms with E-state index in [9.17, 15) is 13.6 Å². The summed E-state index contributed by atoms with van der Waals surface area (Å²) in [6, 6.07) is 3.79. The smallest absolute Gasteiger partial charge is 0.282 e. The molecule has 11 heteroatoms. The fraction of sp³-hybridized carbons (Fsp3) is 0.353. The summed E-state index contributed by atoms with van der Waals surface area (Å²) in [6.07, 6.45) is 2.71. The number of carbonyl (C=O) groups is 1. The van der Waals surface area contributed by atoms with E-state index in [0.29, 0.717) is 11.6 Å². The van der Waals surface area contributed by atoms with Crippen molar-refractivity contribution in [2.45, 2.75) is 26.3 Å². The molecule has 4 heterocycles. The molecule has 3 aromatic rings. The van der Waals surface area contributed by atoms with Gasteiger partial charge >= 0.3 is 0 Å². The van der Waals surface area contributed by atoms with Crippen LogP contribution in [0.4, 0.5) is 14.6 Å². The topological polar surface area (TPSA) is 99.7 Å². The summed E-state index contributed by atoms with van der Waals surface area (Å²) in [5, 5.41) is 11.4. The van der Waals surface area contributed by atoms with Crippen LogP contribution in [0.2, 0.25) is 0 Å². The molecule has 3 aromatic heterocycles. The molecule has 1 fully saturated rings. The average molecular weight is 407 g/mol. The largest absolute Gasteiger partial charge is 0.343 e. The molecule has 4 rings (SSSR count). The number of nitrogens with zero attached hydrogens (tertiary/aromatic N) is 5. The number of hydrogen-bond acceptors (Lipinski definition) is 7. The van der Waals surface area contributed by atoms with Crippen LogP contribution in [-0.4, -0.2) is 50.1 Å². The quantitative estimate of drug-likeness (QED) is 0.675. The second-order valence-corrected chi connectivity index (χ2v) is 6.65. The minimum absolute atomic E-state index is 0.000922. The Balaban J connectivity index is 0.00000109. The highest BCUT2D eigenvalue weighted by molar-refractivity contribution is 7.13. The Bertz CT molecular complexity index is 921. The minimum atomic E-state index is -2.76. The second-order valence-electron chi connectivity index (χ2n) is 5.71. The van der Waals surface area contributed by atoms with Crippen molar-refractivity contribution in [3.63, 3.8) is 0 Å². The predicted molar refractivity (Wildman–Crippen MR) is 101 cm³/mol. The van der Waals surface area contributed by atoms with Crippen LogP contribution in [0.1, 0.15) is 30.2 Å². The number of halogens is 2. The Morgan fingerprint density at radius 3 is 2.75 bits per heavy atom. The fourth-order valence-electron chi connectivity index (χ4n) is 2.52. The van der Waals surface area contributed by atoms with Crippen LogP contribution in [0, 0.1) is 0 Å². The standard InChI is InChI=1S/C15H13F2N7OS.C2H6/c16-15(17)7-24(8-15)13-11(18-3-4-19-13)14(25)20-6-10-21-12(23-22-10)9-2-1-5-26-9;1-2/h1-5H,6-8H2,(H,20,25)(H,21,22,23);1-2H3. The van der Waals surface area contributed by atoms with E-state index in [1.165, 1.54) is 28.6 Å². The van der Waals surface area contributed by atoms with Gasteiger partial charge in [-0.25, -0.2) is 23.7 Å². The van der Waals surface area contributed by atoms with Crippen molar-refractivity contribution in [2.24, 2.45) is 0 Å². The van der Waals surface area contributed by atoms with E-state index >= 15 is 0 Å². The number of aromatic nitrogens is 5. The average Bonchev–Trinajstić information content (AvgIpc) is 3.37. The molecule has 0 atom stereocenters. The van der Waals surface area contributed by atoms with E-state index < -0.39 is 24.9 Å². The van der Waals surface area contributed by atoms with E-state index in [-0.39, 0.29) is 18.1 Å². The van der Waals surface area contributed by atoms with Crippen molar-refractivity contribution in [1.82, 2.24) is 30.5 Å². The van der Waals surface area contributed by atoms with E-state index in [1.807, 2.05) is 31.4 Å². The lowest BCUT2D eigenvalue weighted by Crippen LogP contribution is -2.57. The number of anilines is 1. The monoisotopic (exact) mass is 407 g/mol. The van der Waals surface area contributed by atoms with Crippen LogP contribution in [-0.2, 0) is 6.54 Å². The maximum Gasteiger partial charge on any atom is 0.282 e. The van der Waals surface area contributed by atoms with Gasteiger partial charge in [-0.1, -0.05) is 19.9 Å². The Kier molecular flexibility index (Phi) is 5.93. The lowest BCUT2D eigenvalue weighted by Gasteiger charge is -2.39. The van der Waals surface area contributed by atoms with Crippen LogP contribution in [0.5, 0.6) is 0 Å². The van der Waals surface area contributed by atoms with Crippen molar-refractivity contribution >= 4 is 23.1 Å². The molecule has 1 amide bonds. The summed E-state index contributed by atoms with van der Waals surface area (Å²) in [4.78, 5) is 26.9. The Labute approximate surface area is 164 Å². The SMILES string of the molecule is CC.O=C(NCc1nc(-c2cccs2)n[nH]1)c1nccnc1N1CC(F)(F)C1. The van der Waals surface area contributed by atoms with Gasteiger partial charge in [0.15, 0.2) is 17.3 Å². The number of amides is 1. The molecular weight excluding hydrogens is 388 g/mol. The second kappa shape index (κ2) is 8.38. The van der Waals surface area contributed by atoms with Gasteiger partial charge in [0.1, 0.15) is 5.82 Å². The molecule has 1 aliphatic rings. The first-order chi connectivity index (χ1) is 13.5. The number of carbonyl (C=O) groups excluding carboxylic acids is 1. The van der Waals surface area contributed by atoms with Crippen LogP contribution in [0.3, 0.4) is 0 Å². The third-order valence-corrected chi connectivity index (χ3v) is 4.59. The first-order valence-corrected chi connectivity index (χ1v) is 9.57. The molecule has 0 bridgehead atoms. The zero-order valence-electron chi connectivity index (χ0n) is 15.3. The third-order valence-electron chi connectivity index (χ3n) is 3.73. The van der Waals surface area contributed by atoms with Gasteiger partial charge in [0.2, 0.25) is 0 Å². The highest BCUT2D eigenvalue weighted by atomic mass is 32.1. The van der Waals surface area contributed by atoms with Crippen LogP contribution >= 0.6 is 11.3 Å². The molecule has 28 heavy (non-hydrogen) atoms. The summed E-state index contributed by atoms with van der Waals surface area (Å²) < 4.78 is 26.2. The first kappa shape index (κ1) is 19.8. The lowest BCUT2D eigenvalue weighted by atomic mass is 10.1. The zero-order valence-corrected chi connectivity index (χ0v) is 16.1. The Morgan fingerprint density at radius 2 is 2.07 bits per heavy atom. The van der Waals surface area contributed by atoms with Gasteiger partial charge in [-0.05, 0) is 11.4 Å². The van der Waals surface area contributed by atoms with Crippen LogP contribution < -0.4 is 10.2 Å². The van der Waals surface area contributed by atoms with E-state index in [1.54, 1.807) is 0 Å². The molecule has 1 saturated heterocycles. The Morgan fingerprint density at radius 1 is 1.32 bits per heavy atom. The molecule has 8 nitrogen and oxygen atoms in total. The molecule has 0 radical (unpaired) electrons. The van der Waals surface area contributed by atoms with Gasteiger partial charge in [0.05, 0.1) is 24.5 Å². The van der Waals surface area contributed by atoms with Gasteiger partial charge in [-0.15, -0.1) is 11.3 Å². The lowest BCUT2D eigenvalue weighted by molar-refractivity contribution is -0.0268. The van der Waals surface area contributed by atoms with Crippen molar-refractivity contribution in [3.8, 4) is 10.7 Å². The number of rotatable bonds is 5. The number of alkyl halides is 2. The third kappa shape index (κ3) is 4.30. The fourth-order valence-corrected chi connectivity index (χ4v) is 3.18. The van der Waals surface area contributed by atoms with E-state index in [0.717, 1.165) is 4.88 Å². The van der Waals surface area contributed by atoms with Gasteiger partial charge in [-0.3, -0.25) is 9.89 Å². The summed E-state index contributed by atoms with van der Waals surface area (Å²) >= 11 is 1.51. The van der Waals surface area contributed by atoms with Gasteiger partial charge in [0, 0.05) is 12.4 Å². The maximum atomic E-state index is 13.1. The van der Waals surface area contributed by atoms with Crippen LogP contribution in [0.25, 0.3) is 10.7 Å². The highest BCUT2D eigenvalue weighted by Crippen LogP contribution is 2.31. The molecule has 1 aliphatic heterocycles. The first-order valence-electron chi connectivity index (χ1n) is 8.69. The van der Waals surface area contributed by atoms with Crippen molar-refractivity contribution in [1.29, 1.82) is 0 Å². The molecule has 2 N–H and O–H groups in total. The number of thiophene rings is 1. The van der Waals surface area contributed by atoms with Crippen LogP contribution in [0.15, 0.2) is 29.9 Å². The molecule has 0 spiro atoms. The summed E-state index contributed by atoms with van der Waals surface area (Å²) in [7, 11) is 0. The maximum absolute atomic E-state index is 13.1. The van der Waals surface area contributed by atoms with Crippen molar-refractivity contribution in [2.75, 3.05) is 18.0 Å². The number of nitrogens with one attached hydrogen (secondary N) is 2. The van der Waals surface area contributed by atoms with E-state index in [2.05, 4.69) is 30.5 Å². The van der Waals surface area contributed by atoms with Gasteiger partial charge < -0.3 is 10.2 Å². The zero-order chi connectivity index (χ0) is 20.1. The molecule has 0 aromatic carbocycles. The highest BCUT2D eigenvalue weighted by Gasteiger charge is 2.45. The minimum Gasteiger partial charge on any atom is -0.343 e. The van der Waals surface area contributed by atoms with Gasteiger partial charge in [0.25, 0.3) is 11.8 Å². The van der Waals surface area contributed by atoms with E-state index in [4.69, 9.17) is 0 Å². The molecule has 0 saturated carbocycles. The van der Waals surface area contributed by atoms with Crippen molar-refractivity contribution < 1.29 is 13.6 Å². The predicted octanol–water partition coefficient (Wildman–Crippen LogP) is 2.73. The normalized spacial score (nSPS) is 14.6. The van der Waals surface area contributed by atoms with Gasteiger partial charge in [-0.2, -0.15) is 5.10 Å². The van der Waals surface area contributed by atoms with Crippen molar-refractivity contribution in [3.05, 3.63) is 41.4 Å². The summed E-state index contributed by atoms with van der Waals surface area (Å²) in [6.45, 7) is 3.15.